The van der Waals surface area contributed by atoms with Crippen molar-refractivity contribution in [3.63, 3.8) is 0 Å². The van der Waals surface area contributed by atoms with E-state index in [0.717, 1.165) is 16.7 Å². The van der Waals surface area contributed by atoms with Crippen LogP contribution in [0.15, 0.2) is 72.8 Å². The van der Waals surface area contributed by atoms with E-state index in [9.17, 15) is 0 Å². The third-order valence-corrected chi connectivity index (χ3v) is 6.30. The van der Waals surface area contributed by atoms with Crippen molar-refractivity contribution in [2.45, 2.75) is 4.20 Å². The fourth-order valence-corrected chi connectivity index (χ4v) is 5.19. The Kier molecular flexibility index (Phi) is 5.09. The first-order chi connectivity index (χ1) is 11.0. The Bertz CT molecular complexity index is 734. The summed E-state index contributed by atoms with van der Waals surface area (Å²) in [6.45, 7) is 0. The van der Waals surface area contributed by atoms with Crippen LogP contribution >= 0.6 is 34.8 Å². The molecule has 0 amide bonds. The average Bonchev–Trinajstić information content (AvgIpc) is 2.55. The van der Waals surface area contributed by atoms with Crippen molar-refractivity contribution >= 4 is 51.7 Å². The van der Waals surface area contributed by atoms with Gasteiger partial charge in [0.1, 0.15) is 0 Å². The van der Waals surface area contributed by atoms with Crippen LogP contribution in [0.25, 0.3) is 0 Å². The normalized spacial score (nSPS) is 11.5. The van der Waals surface area contributed by atoms with Gasteiger partial charge in [-0.2, -0.15) is 0 Å². The van der Waals surface area contributed by atoms with Gasteiger partial charge in [0.05, 0.1) is 0 Å². The molecule has 3 aromatic carbocycles. The number of halogens is 3. The molecule has 4 heteroatoms. The van der Waals surface area contributed by atoms with Crippen molar-refractivity contribution in [2.24, 2.45) is 0 Å². The van der Waals surface area contributed by atoms with Gasteiger partial charge in [-0.3, -0.25) is 0 Å². The summed E-state index contributed by atoms with van der Waals surface area (Å²) < 4.78 is -0.609. The molecular formula is C19H12AsCl3. The molecule has 0 atom stereocenters. The first-order valence-electron chi connectivity index (χ1n) is 7.02. The summed E-state index contributed by atoms with van der Waals surface area (Å²) in [5.74, 6) is 0. The molecule has 0 N–H and O–H groups in total. The van der Waals surface area contributed by atoms with E-state index in [1.807, 2.05) is 72.8 Å². The van der Waals surface area contributed by atoms with E-state index >= 15 is 0 Å². The minimum absolute atomic E-state index is 0.609. The van der Waals surface area contributed by atoms with Crippen LogP contribution in [0.1, 0.15) is 16.7 Å². The molecule has 0 aliphatic heterocycles. The van der Waals surface area contributed by atoms with Gasteiger partial charge in [-0.25, -0.2) is 0 Å². The van der Waals surface area contributed by atoms with Gasteiger partial charge >= 0.3 is 160 Å². The maximum absolute atomic E-state index is 6.52. The summed E-state index contributed by atoms with van der Waals surface area (Å²) in [4.78, 5) is 0. The predicted octanol–water partition coefficient (Wildman–Crippen LogP) is 6.11. The zero-order chi connectivity index (χ0) is 16.4. The molecule has 0 saturated carbocycles. The fourth-order valence-electron chi connectivity index (χ4n) is 2.70. The molecule has 0 unspecified atom stereocenters. The second kappa shape index (κ2) is 6.91. The molecule has 0 aliphatic rings. The standard InChI is InChI=1S/C19H12AsCl3/c20-19(13-7-1-4-10-16(13)21,14-8-2-5-11-17(14)22)15-9-3-6-12-18(15)23/h1-12H. The summed E-state index contributed by atoms with van der Waals surface area (Å²) in [6, 6.07) is 23.3. The quantitative estimate of drug-likeness (QED) is 0.354. The molecule has 23 heavy (non-hydrogen) atoms. The average molecular weight is 422 g/mol. The van der Waals surface area contributed by atoms with Crippen LogP contribution in [0.4, 0.5) is 0 Å². The predicted molar refractivity (Wildman–Crippen MR) is 100.0 cm³/mol. The van der Waals surface area contributed by atoms with Gasteiger partial charge in [-0.05, 0) is 0 Å². The third-order valence-electron chi connectivity index (χ3n) is 3.79. The SMILES string of the molecule is Clc1ccccc1C([As])(c1ccccc1Cl)c1ccccc1Cl. The van der Waals surface area contributed by atoms with Crippen molar-refractivity contribution in [2.75, 3.05) is 0 Å². The first kappa shape index (κ1) is 16.9. The fraction of sp³-hybridized carbons (Fsp3) is 0.0526. The Balaban J connectivity index is 2.38. The topological polar surface area (TPSA) is 0 Å². The molecule has 0 saturated heterocycles. The monoisotopic (exact) mass is 420 g/mol. The summed E-state index contributed by atoms with van der Waals surface area (Å²) in [7, 11) is 0. The second-order valence-electron chi connectivity index (χ2n) is 5.15. The third kappa shape index (κ3) is 3.06. The van der Waals surface area contributed by atoms with Crippen LogP contribution in [0.2, 0.25) is 15.1 Å². The van der Waals surface area contributed by atoms with Crippen molar-refractivity contribution < 1.29 is 0 Å². The zero-order valence-electron chi connectivity index (χ0n) is 12.0. The molecule has 0 nitrogen and oxygen atoms in total. The number of benzene rings is 3. The molecule has 3 aromatic rings. The van der Waals surface area contributed by atoms with E-state index < -0.39 is 4.20 Å². The molecule has 0 spiro atoms. The van der Waals surface area contributed by atoms with Crippen LogP contribution in [-0.2, 0) is 4.20 Å². The summed E-state index contributed by atoms with van der Waals surface area (Å²) >= 11 is 22.3. The summed E-state index contributed by atoms with van der Waals surface area (Å²) in [5.41, 5.74) is 2.84. The van der Waals surface area contributed by atoms with E-state index in [2.05, 4.69) is 16.9 Å². The molecular weight excluding hydrogens is 409 g/mol. The Morgan fingerprint density at radius 3 is 1.04 bits per heavy atom. The first-order valence-corrected chi connectivity index (χ1v) is 9.09. The van der Waals surface area contributed by atoms with Crippen molar-refractivity contribution in [1.82, 2.24) is 0 Å². The van der Waals surface area contributed by atoms with E-state index in [0.29, 0.717) is 15.1 Å². The van der Waals surface area contributed by atoms with Crippen LogP contribution in [-0.4, -0.2) is 16.9 Å². The Labute approximate surface area is 159 Å². The van der Waals surface area contributed by atoms with Crippen LogP contribution < -0.4 is 0 Å². The number of rotatable bonds is 3. The van der Waals surface area contributed by atoms with Gasteiger partial charge in [0, 0.05) is 0 Å². The van der Waals surface area contributed by atoms with Crippen molar-refractivity contribution in [3.05, 3.63) is 105 Å². The van der Waals surface area contributed by atoms with Crippen LogP contribution in [0.3, 0.4) is 0 Å². The molecule has 0 bridgehead atoms. The van der Waals surface area contributed by atoms with Crippen molar-refractivity contribution in [1.29, 1.82) is 0 Å². The summed E-state index contributed by atoms with van der Waals surface area (Å²) in [6.07, 6.45) is 0. The van der Waals surface area contributed by atoms with Crippen molar-refractivity contribution in [3.8, 4) is 0 Å². The molecule has 0 aliphatic carbocycles. The minimum atomic E-state index is -0.609. The molecule has 2 radical (unpaired) electrons. The van der Waals surface area contributed by atoms with E-state index in [1.54, 1.807) is 0 Å². The summed E-state index contributed by atoms with van der Waals surface area (Å²) in [5, 5.41) is 2.02. The molecule has 0 heterocycles. The van der Waals surface area contributed by atoms with Gasteiger partial charge in [0.2, 0.25) is 0 Å². The molecule has 0 aromatic heterocycles. The van der Waals surface area contributed by atoms with E-state index in [4.69, 9.17) is 34.8 Å². The van der Waals surface area contributed by atoms with Crippen LogP contribution in [0.5, 0.6) is 0 Å². The van der Waals surface area contributed by atoms with Gasteiger partial charge in [-0.1, -0.05) is 0 Å². The Morgan fingerprint density at radius 2 is 0.783 bits per heavy atom. The number of hydrogen-bond acceptors (Lipinski definition) is 0. The molecule has 114 valence electrons. The van der Waals surface area contributed by atoms with Gasteiger partial charge in [-0.15, -0.1) is 0 Å². The Hall–Kier alpha value is -0.912. The maximum atomic E-state index is 6.52. The molecule has 3 rings (SSSR count). The number of hydrogen-bond donors (Lipinski definition) is 0. The van der Waals surface area contributed by atoms with Crippen LogP contribution in [0, 0.1) is 0 Å². The van der Waals surface area contributed by atoms with E-state index in [1.165, 1.54) is 0 Å². The second-order valence-corrected chi connectivity index (χ2v) is 7.78. The molecule has 0 fully saturated rings. The van der Waals surface area contributed by atoms with Gasteiger partial charge in [0.25, 0.3) is 0 Å². The van der Waals surface area contributed by atoms with E-state index in [-0.39, 0.29) is 0 Å². The van der Waals surface area contributed by atoms with Gasteiger partial charge in [0.15, 0.2) is 0 Å². The van der Waals surface area contributed by atoms with Gasteiger partial charge < -0.3 is 0 Å². The zero-order valence-corrected chi connectivity index (χ0v) is 16.2. The Morgan fingerprint density at radius 1 is 0.522 bits per heavy atom.